The number of fused-ring (bicyclic) bond motifs is 1. The van der Waals surface area contributed by atoms with Gasteiger partial charge in [0.25, 0.3) is 0 Å². The molecule has 0 saturated carbocycles. The maximum absolute atomic E-state index is 12.3. The number of ether oxygens (including phenoxy) is 1. The molecule has 6 heteroatoms. The van der Waals surface area contributed by atoms with Crippen LogP contribution < -0.4 is 15.4 Å². The zero-order valence-electron chi connectivity index (χ0n) is 11.7. The summed E-state index contributed by atoms with van der Waals surface area (Å²) in [4.78, 5) is 22.5. The average molecular weight is 284 g/mol. The number of aryl methyl sites for hydroxylation is 1. The molecule has 0 aliphatic carbocycles. The standard InChI is InChI=1S/C15H16N4O2/c1-10-8-13(16)18-14(17-10)9-19-11-4-2-3-5-12(11)21-7-6-15(19)20/h2-5,8H,6-7,9H2,1H3,(H2,16,17,18). The molecule has 0 radical (unpaired) electrons. The number of carbonyl (C=O) groups is 1. The molecule has 1 aliphatic rings. The minimum atomic E-state index is -0.0105. The van der Waals surface area contributed by atoms with E-state index in [0.717, 1.165) is 11.4 Å². The van der Waals surface area contributed by atoms with Gasteiger partial charge >= 0.3 is 0 Å². The van der Waals surface area contributed by atoms with Gasteiger partial charge in [0.15, 0.2) is 5.82 Å². The normalized spacial score (nSPS) is 14.3. The third-order valence-electron chi connectivity index (χ3n) is 3.25. The molecule has 1 aromatic carbocycles. The van der Waals surface area contributed by atoms with Gasteiger partial charge in [0.1, 0.15) is 11.6 Å². The Morgan fingerprint density at radius 3 is 2.95 bits per heavy atom. The summed E-state index contributed by atoms with van der Waals surface area (Å²) in [5.41, 5.74) is 7.27. The number of amides is 1. The van der Waals surface area contributed by atoms with Crippen molar-refractivity contribution in [2.75, 3.05) is 17.2 Å². The van der Waals surface area contributed by atoms with E-state index in [0.29, 0.717) is 30.4 Å². The molecule has 1 aromatic heterocycles. The molecule has 1 aliphatic heterocycles. The third-order valence-corrected chi connectivity index (χ3v) is 3.25. The van der Waals surface area contributed by atoms with E-state index in [-0.39, 0.29) is 12.5 Å². The second-order valence-corrected chi connectivity index (χ2v) is 4.90. The lowest BCUT2D eigenvalue weighted by atomic mass is 10.2. The summed E-state index contributed by atoms with van der Waals surface area (Å²) in [7, 11) is 0. The number of carbonyl (C=O) groups excluding carboxylic acids is 1. The summed E-state index contributed by atoms with van der Waals surface area (Å²) in [6.45, 7) is 2.51. The second-order valence-electron chi connectivity index (χ2n) is 4.90. The summed E-state index contributed by atoms with van der Waals surface area (Å²) < 4.78 is 5.61. The van der Waals surface area contributed by atoms with E-state index in [1.807, 2.05) is 31.2 Å². The number of anilines is 2. The van der Waals surface area contributed by atoms with Crippen molar-refractivity contribution < 1.29 is 9.53 Å². The van der Waals surface area contributed by atoms with E-state index in [1.54, 1.807) is 11.0 Å². The van der Waals surface area contributed by atoms with E-state index in [1.165, 1.54) is 0 Å². The van der Waals surface area contributed by atoms with Crippen molar-refractivity contribution in [2.45, 2.75) is 19.9 Å². The first-order valence-corrected chi connectivity index (χ1v) is 6.76. The van der Waals surface area contributed by atoms with E-state index in [4.69, 9.17) is 10.5 Å². The first-order chi connectivity index (χ1) is 10.1. The van der Waals surface area contributed by atoms with Crippen LogP contribution in [0.3, 0.4) is 0 Å². The molecule has 0 saturated heterocycles. The number of para-hydroxylation sites is 2. The Balaban J connectivity index is 1.97. The van der Waals surface area contributed by atoms with Crippen molar-refractivity contribution in [1.29, 1.82) is 0 Å². The van der Waals surface area contributed by atoms with Crippen LogP contribution in [0.25, 0.3) is 0 Å². The summed E-state index contributed by atoms with van der Waals surface area (Å²) in [6.07, 6.45) is 0.329. The summed E-state index contributed by atoms with van der Waals surface area (Å²) in [5.74, 6) is 1.62. The smallest absolute Gasteiger partial charge is 0.230 e. The van der Waals surface area contributed by atoms with Gasteiger partial charge in [-0.25, -0.2) is 9.97 Å². The minimum Gasteiger partial charge on any atom is -0.491 e. The Bertz CT molecular complexity index is 667. The number of benzene rings is 1. The molecule has 2 aromatic rings. The molecular formula is C15H16N4O2. The first kappa shape index (κ1) is 13.4. The van der Waals surface area contributed by atoms with Gasteiger partial charge in [-0.05, 0) is 19.1 Å². The van der Waals surface area contributed by atoms with Gasteiger partial charge in [0.2, 0.25) is 5.91 Å². The van der Waals surface area contributed by atoms with Crippen molar-refractivity contribution >= 4 is 17.4 Å². The number of hydrogen-bond acceptors (Lipinski definition) is 5. The largest absolute Gasteiger partial charge is 0.491 e. The van der Waals surface area contributed by atoms with Crippen LogP contribution in [0.5, 0.6) is 5.75 Å². The molecule has 2 N–H and O–H groups in total. The van der Waals surface area contributed by atoms with E-state index in [2.05, 4.69) is 9.97 Å². The Kier molecular flexibility index (Phi) is 3.43. The second kappa shape index (κ2) is 5.40. The summed E-state index contributed by atoms with van der Waals surface area (Å²) in [5, 5.41) is 0. The zero-order valence-corrected chi connectivity index (χ0v) is 11.7. The number of hydrogen-bond donors (Lipinski definition) is 1. The Morgan fingerprint density at radius 2 is 2.14 bits per heavy atom. The lowest BCUT2D eigenvalue weighted by Crippen LogP contribution is -2.30. The van der Waals surface area contributed by atoms with Gasteiger partial charge in [0.05, 0.1) is 25.3 Å². The van der Waals surface area contributed by atoms with E-state index >= 15 is 0 Å². The SMILES string of the molecule is Cc1cc(N)nc(CN2C(=O)CCOc3ccccc32)n1. The average Bonchev–Trinajstić information content (AvgIpc) is 2.58. The molecule has 0 atom stereocenters. The first-order valence-electron chi connectivity index (χ1n) is 6.76. The molecule has 2 heterocycles. The van der Waals surface area contributed by atoms with Gasteiger partial charge in [-0.1, -0.05) is 12.1 Å². The number of nitrogens with two attached hydrogens (primary N) is 1. The third kappa shape index (κ3) is 2.79. The van der Waals surface area contributed by atoms with Crippen molar-refractivity contribution in [3.8, 4) is 5.75 Å². The van der Waals surface area contributed by atoms with E-state index < -0.39 is 0 Å². The lowest BCUT2D eigenvalue weighted by Gasteiger charge is -2.21. The quantitative estimate of drug-likeness (QED) is 0.907. The van der Waals surface area contributed by atoms with Gasteiger partial charge in [-0.2, -0.15) is 0 Å². The molecule has 0 spiro atoms. The maximum Gasteiger partial charge on any atom is 0.230 e. The highest BCUT2D eigenvalue weighted by molar-refractivity contribution is 5.95. The molecule has 0 fully saturated rings. The van der Waals surface area contributed by atoms with Crippen molar-refractivity contribution in [3.05, 3.63) is 41.9 Å². The van der Waals surface area contributed by atoms with Crippen LogP contribution in [-0.2, 0) is 11.3 Å². The minimum absolute atomic E-state index is 0.0105. The van der Waals surface area contributed by atoms with Crippen LogP contribution in [0, 0.1) is 6.92 Å². The maximum atomic E-state index is 12.3. The fourth-order valence-electron chi connectivity index (χ4n) is 2.36. The van der Waals surface area contributed by atoms with Crippen LogP contribution in [-0.4, -0.2) is 22.5 Å². The van der Waals surface area contributed by atoms with Gasteiger partial charge in [-0.15, -0.1) is 0 Å². The Morgan fingerprint density at radius 1 is 1.33 bits per heavy atom. The van der Waals surface area contributed by atoms with Crippen LogP contribution in [0.2, 0.25) is 0 Å². The van der Waals surface area contributed by atoms with Gasteiger partial charge in [-0.3, -0.25) is 4.79 Å². The van der Waals surface area contributed by atoms with Crippen molar-refractivity contribution in [1.82, 2.24) is 9.97 Å². The summed E-state index contributed by atoms with van der Waals surface area (Å²) in [6, 6.07) is 9.17. The fourth-order valence-corrected chi connectivity index (χ4v) is 2.36. The highest BCUT2D eigenvalue weighted by Gasteiger charge is 2.24. The molecule has 21 heavy (non-hydrogen) atoms. The topological polar surface area (TPSA) is 81.3 Å². The van der Waals surface area contributed by atoms with Crippen LogP contribution >= 0.6 is 0 Å². The van der Waals surface area contributed by atoms with E-state index in [9.17, 15) is 4.79 Å². The zero-order chi connectivity index (χ0) is 14.8. The van der Waals surface area contributed by atoms with Crippen LogP contribution in [0.4, 0.5) is 11.5 Å². The lowest BCUT2D eigenvalue weighted by molar-refractivity contribution is -0.118. The van der Waals surface area contributed by atoms with Gasteiger partial charge < -0.3 is 15.4 Å². The molecule has 108 valence electrons. The highest BCUT2D eigenvalue weighted by Crippen LogP contribution is 2.31. The van der Waals surface area contributed by atoms with Crippen LogP contribution in [0.1, 0.15) is 17.9 Å². The summed E-state index contributed by atoms with van der Waals surface area (Å²) >= 11 is 0. The molecule has 3 rings (SSSR count). The Hall–Kier alpha value is -2.63. The Labute approximate surface area is 122 Å². The molecule has 1 amide bonds. The monoisotopic (exact) mass is 284 g/mol. The fraction of sp³-hybridized carbons (Fsp3) is 0.267. The molecule has 0 bridgehead atoms. The van der Waals surface area contributed by atoms with Gasteiger partial charge in [0, 0.05) is 11.8 Å². The molecule has 6 nitrogen and oxygen atoms in total. The number of rotatable bonds is 2. The molecular weight excluding hydrogens is 268 g/mol. The number of nitrogens with zero attached hydrogens (tertiary/aromatic N) is 3. The van der Waals surface area contributed by atoms with Crippen molar-refractivity contribution in [2.24, 2.45) is 0 Å². The van der Waals surface area contributed by atoms with Crippen molar-refractivity contribution in [3.63, 3.8) is 0 Å². The number of aromatic nitrogens is 2. The highest BCUT2D eigenvalue weighted by atomic mass is 16.5. The van der Waals surface area contributed by atoms with Crippen LogP contribution in [0.15, 0.2) is 30.3 Å². The molecule has 0 unspecified atom stereocenters. The predicted octanol–water partition coefficient (Wildman–Crippen LogP) is 1.68. The predicted molar refractivity (Wildman–Crippen MR) is 78.9 cm³/mol. The number of nitrogen functional groups attached to an aromatic ring is 1.